The van der Waals surface area contributed by atoms with E-state index in [0.29, 0.717) is 6.54 Å². The first-order chi connectivity index (χ1) is 7.84. The molecule has 0 radical (unpaired) electrons. The maximum Gasteiger partial charge on any atom is 0.321 e. The van der Waals surface area contributed by atoms with Crippen molar-refractivity contribution >= 4 is 12.0 Å². The molecule has 16 heavy (non-hydrogen) atoms. The lowest BCUT2D eigenvalue weighted by Crippen LogP contribution is -2.28. The number of anilines is 1. The Kier molecular flexibility index (Phi) is 3.07. The average molecular weight is 218 g/mol. The molecule has 2 rings (SSSR count). The summed E-state index contributed by atoms with van der Waals surface area (Å²) in [5, 5.41) is 17.8. The molecule has 0 aliphatic rings. The minimum absolute atomic E-state index is 0.144. The molecule has 0 saturated carbocycles. The summed E-state index contributed by atoms with van der Waals surface area (Å²) in [6.07, 6.45) is 0. The summed E-state index contributed by atoms with van der Waals surface area (Å²) in [6, 6.07) is 9.22. The molecule has 2 aromatic rings. The number of aromatic nitrogens is 4. The van der Waals surface area contributed by atoms with Gasteiger partial charge in [-0.05, 0) is 10.8 Å². The average Bonchev–Trinajstić information content (AvgIpc) is 2.81. The Morgan fingerprint density at radius 3 is 2.81 bits per heavy atom. The molecule has 0 atom stereocenters. The number of rotatable bonds is 3. The van der Waals surface area contributed by atoms with Gasteiger partial charge in [-0.25, -0.2) is 4.79 Å². The van der Waals surface area contributed by atoms with E-state index >= 15 is 0 Å². The minimum Gasteiger partial charge on any atom is -0.334 e. The third kappa shape index (κ3) is 2.77. The van der Waals surface area contributed by atoms with Crippen LogP contribution in [0.2, 0.25) is 0 Å². The zero-order valence-electron chi connectivity index (χ0n) is 8.34. The van der Waals surface area contributed by atoms with Crippen molar-refractivity contribution in [3.63, 3.8) is 0 Å². The fraction of sp³-hybridized carbons (Fsp3) is 0.111. The molecule has 0 spiro atoms. The lowest BCUT2D eigenvalue weighted by atomic mass is 10.2. The van der Waals surface area contributed by atoms with Crippen LogP contribution in [0.25, 0.3) is 0 Å². The van der Waals surface area contributed by atoms with E-state index in [1.54, 1.807) is 0 Å². The number of nitrogens with one attached hydrogen (secondary N) is 3. The first kappa shape index (κ1) is 10.1. The van der Waals surface area contributed by atoms with Gasteiger partial charge in [0.05, 0.1) is 0 Å². The normalized spacial score (nSPS) is 9.75. The number of amides is 2. The number of H-pyrrole nitrogens is 1. The van der Waals surface area contributed by atoms with E-state index in [4.69, 9.17) is 0 Å². The highest BCUT2D eigenvalue weighted by atomic mass is 16.2. The van der Waals surface area contributed by atoms with Crippen molar-refractivity contribution in [1.29, 1.82) is 0 Å². The number of urea groups is 1. The SMILES string of the molecule is O=C(NCc1ccccc1)Nc1nn[nH]n1. The Morgan fingerprint density at radius 1 is 1.31 bits per heavy atom. The van der Waals surface area contributed by atoms with E-state index in [0.717, 1.165) is 5.56 Å². The maximum absolute atomic E-state index is 11.3. The van der Waals surface area contributed by atoms with Crippen LogP contribution in [0.4, 0.5) is 10.7 Å². The lowest BCUT2D eigenvalue weighted by molar-refractivity contribution is 0.251. The molecule has 82 valence electrons. The van der Waals surface area contributed by atoms with Crippen molar-refractivity contribution in [3.05, 3.63) is 35.9 Å². The third-order valence-corrected chi connectivity index (χ3v) is 1.87. The summed E-state index contributed by atoms with van der Waals surface area (Å²) in [6.45, 7) is 0.449. The monoisotopic (exact) mass is 218 g/mol. The summed E-state index contributed by atoms with van der Waals surface area (Å²) in [4.78, 5) is 11.3. The van der Waals surface area contributed by atoms with E-state index in [2.05, 4.69) is 31.3 Å². The maximum atomic E-state index is 11.3. The van der Waals surface area contributed by atoms with E-state index in [1.165, 1.54) is 0 Å². The Hall–Kier alpha value is -2.44. The number of aromatic amines is 1. The second-order valence-corrected chi connectivity index (χ2v) is 3.03. The van der Waals surface area contributed by atoms with Gasteiger partial charge in [-0.3, -0.25) is 5.32 Å². The summed E-state index contributed by atoms with van der Waals surface area (Å²) in [5.74, 6) is 0.144. The molecule has 1 aromatic heterocycles. The highest BCUT2D eigenvalue weighted by Gasteiger charge is 2.03. The van der Waals surface area contributed by atoms with Gasteiger partial charge in [-0.1, -0.05) is 35.4 Å². The number of carbonyl (C=O) groups is 1. The zero-order valence-corrected chi connectivity index (χ0v) is 8.34. The molecule has 0 aliphatic heterocycles. The van der Waals surface area contributed by atoms with Crippen LogP contribution in [0.5, 0.6) is 0 Å². The van der Waals surface area contributed by atoms with Crippen LogP contribution in [0.1, 0.15) is 5.56 Å². The van der Waals surface area contributed by atoms with E-state index in [9.17, 15) is 4.79 Å². The van der Waals surface area contributed by atoms with Gasteiger partial charge < -0.3 is 5.32 Å². The van der Waals surface area contributed by atoms with Crippen LogP contribution >= 0.6 is 0 Å². The number of hydrogen-bond acceptors (Lipinski definition) is 4. The highest BCUT2D eigenvalue weighted by molar-refractivity contribution is 5.87. The number of carbonyl (C=O) groups excluding carboxylic acids is 1. The first-order valence-electron chi connectivity index (χ1n) is 4.67. The Morgan fingerprint density at radius 2 is 2.12 bits per heavy atom. The molecule has 1 aromatic carbocycles. The van der Waals surface area contributed by atoms with Gasteiger partial charge in [-0.15, -0.1) is 5.10 Å². The minimum atomic E-state index is -0.370. The lowest BCUT2D eigenvalue weighted by Gasteiger charge is -2.04. The topological polar surface area (TPSA) is 95.6 Å². The van der Waals surface area contributed by atoms with Crippen LogP contribution in [-0.4, -0.2) is 26.7 Å². The van der Waals surface area contributed by atoms with Gasteiger partial charge in [0.15, 0.2) is 0 Å². The molecule has 1 heterocycles. The molecule has 0 fully saturated rings. The number of tetrazole rings is 1. The van der Waals surface area contributed by atoms with Gasteiger partial charge in [0.25, 0.3) is 5.95 Å². The summed E-state index contributed by atoms with van der Waals surface area (Å²) in [7, 11) is 0. The van der Waals surface area contributed by atoms with Crippen molar-refractivity contribution in [3.8, 4) is 0 Å². The molecule has 7 heteroatoms. The Bertz CT molecular complexity index is 440. The molecule has 0 unspecified atom stereocenters. The fourth-order valence-electron chi connectivity index (χ4n) is 1.14. The molecular formula is C9H10N6O. The van der Waals surface area contributed by atoms with Crippen LogP contribution in [-0.2, 0) is 6.54 Å². The van der Waals surface area contributed by atoms with Crippen molar-refractivity contribution in [2.75, 3.05) is 5.32 Å². The molecule has 0 aliphatic carbocycles. The summed E-state index contributed by atoms with van der Waals surface area (Å²) >= 11 is 0. The van der Waals surface area contributed by atoms with Crippen LogP contribution in [0, 0.1) is 0 Å². The molecule has 2 amide bonds. The standard InChI is InChI=1S/C9H10N6O/c16-9(11-8-12-14-15-13-8)10-6-7-4-2-1-3-5-7/h1-5H,6H2,(H3,10,11,12,13,14,15,16). The van der Waals surface area contributed by atoms with Gasteiger partial charge in [-0.2, -0.15) is 5.21 Å². The van der Waals surface area contributed by atoms with Crippen molar-refractivity contribution in [2.45, 2.75) is 6.54 Å². The summed E-state index contributed by atoms with van der Waals surface area (Å²) < 4.78 is 0. The van der Waals surface area contributed by atoms with Gasteiger partial charge in [0.1, 0.15) is 0 Å². The van der Waals surface area contributed by atoms with Gasteiger partial charge >= 0.3 is 6.03 Å². The first-order valence-corrected chi connectivity index (χ1v) is 4.67. The van der Waals surface area contributed by atoms with E-state index in [-0.39, 0.29) is 12.0 Å². The smallest absolute Gasteiger partial charge is 0.321 e. The largest absolute Gasteiger partial charge is 0.334 e. The Labute approximate surface area is 91.3 Å². The molecule has 7 nitrogen and oxygen atoms in total. The predicted octanol–water partition coefficient (Wildman–Crippen LogP) is 0.521. The highest BCUT2D eigenvalue weighted by Crippen LogP contribution is 1.97. The van der Waals surface area contributed by atoms with Crippen molar-refractivity contribution < 1.29 is 4.79 Å². The van der Waals surface area contributed by atoms with Gasteiger partial charge in [0, 0.05) is 6.54 Å². The number of nitrogens with zero attached hydrogens (tertiary/aromatic N) is 3. The third-order valence-electron chi connectivity index (χ3n) is 1.87. The second-order valence-electron chi connectivity index (χ2n) is 3.03. The predicted molar refractivity (Wildman–Crippen MR) is 56.5 cm³/mol. The van der Waals surface area contributed by atoms with Crippen molar-refractivity contribution in [1.82, 2.24) is 25.9 Å². The van der Waals surface area contributed by atoms with E-state index in [1.807, 2.05) is 30.3 Å². The van der Waals surface area contributed by atoms with Crippen LogP contribution in [0.3, 0.4) is 0 Å². The number of benzene rings is 1. The van der Waals surface area contributed by atoms with E-state index < -0.39 is 0 Å². The molecule has 3 N–H and O–H groups in total. The second kappa shape index (κ2) is 4.87. The molecule has 0 bridgehead atoms. The van der Waals surface area contributed by atoms with Crippen molar-refractivity contribution in [2.24, 2.45) is 0 Å². The zero-order chi connectivity index (χ0) is 11.2. The van der Waals surface area contributed by atoms with Crippen LogP contribution in [0.15, 0.2) is 30.3 Å². The fourth-order valence-corrected chi connectivity index (χ4v) is 1.14. The summed E-state index contributed by atoms with van der Waals surface area (Å²) in [5.41, 5.74) is 1.02. The quantitative estimate of drug-likeness (QED) is 0.699. The molecular weight excluding hydrogens is 208 g/mol. The molecule has 0 saturated heterocycles. The van der Waals surface area contributed by atoms with Crippen LogP contribution < -0.4 is 10.6 Å². The van der Waals surface area contributed by atoms with Gasteiger partial charge in [0.2, 0.25) is 0 Å². The Balaban J connectivity index is 1.80. The number of hydrogen-bond donors (Lipinski definition) is 3.